The minimum Gasteiger partial charge on any atom is -0.497 e. The van der Waals surface area contributed by atoms with Gasteiger partial charge in [0.05, 0.1) is 7.11 Å². The van der Waals surface area contributed by atoms with Crippen molar-refractivity contribution in [1.82, 2.24) is 20.2 Å². The van der Waals surface area contributed by atoms with Gasteiger partial charge in [0.1, 0.15) is 11.6 Å². The molecule has 0 aliphatic carbocycles. The third-order valence-electron chi connectivity index (χ3n) is 3.58. The monoisotopic (exact) mass is 272 g/mol. The van der Waals surface area contributed by atoms with E-state index in [1.807, 2.05) is 30.5 Å². The molecule has 5 heteroatoms. The summed E-state index contributed by atoms with van der Waals surface area (Å²) >= 11 is 0. The van der Waals surface area contributed by atoms with Gasteiger partial charge < -0.3 is 15.0 Å². The molecule has 0 radical (unpaired) electrons. The second kappa shape index (κ2) is 6.07. The van der Waals surface area contributed by atoms with Crippen molar-refractivity contribution in [3.05, 3.63) is 36.2 Å². The molecule has 0 spiro atoms. The first-order valence-electron chi connectivity index (χ1n) is 6.96. The van der Waals surface area contributed by atoms with Crippen LogP contribution in [0.15, 0.2) is 30.5 Å². The Hall–Kier alpha value is -1.85. The maximum absolute atomic E-state index is 5.25. The SMILES string of the molecule is COc1cccc(-c2ncc(CN3CCNCC3)[nH]2)c1. The number of piperazine rings is 1. The van der Waals surface area contributed by atoms with Gasteiger partial charge in [0.2, 0.25) is 0 Å². The smallest absolute Gasteiger partial charge is 0.137 e. The van der Waals surface area contributed by atoms with Crippen LogP contribution in [0, 0.1) is 0 Å². The summed E-state index contributed by atoms with van der Waals surface area (Å²) in [5.74, 6) is 1.75. The van der Waals surface area contributed by atoms with Crippen molar-refractivity contribution in [3.63, 3.8) is 0 Å². The summed E-state index contributed by atoms with van der Waals surface area (Å²) in [6.07, 6.45) is 1.93. The van der Waals surface area contributed by atoms with Crippen LogP contribution in [0.5, 0.6) is 5.75 Å². The van der Waals surface area contributed by atoms with Gasteiger partial charge in [-0.25, -0.2) is 4.98 Å². The van der Waals surface area contributed by atoms with E-state index >= 15 is 0 Å². The molecule has 0 bridgehead atoms. The maximum Gasteiger partial charge on any atom is 0.137 e. The second-order valence-corrected chi connectivity index (χ2v) is 5.02. The fourth-order valence-electron chi connectivity index (χ4n) is 2.47. The number of methoxy groups -OCH3 is 1. The number of aromatic amines is 1. The van der Waals surface area contributed by atoms with Crippen LogP contribution in [0.25, 0.3) is 11.4 Å². The first-order valence-corrected chi connectivity index (χ1v) is 6.96. The highest BCUT2D eigenvalue weighted by Gasteiger charge is 2.12. The van der Waals surface area contributed by atoms with E-state index in [4.69, 9.17) is 4.74 Å². The Morgan fingerprint density at radius 3 is 2.95 bits per heavy atom. The number of H-pyrrole nitrogens is 1. The highest BCUT2D eigenvalue weighted by atomic mass is 16.5. The summed E-state index contributed by atoms with van der Waals surface area (Å²) in [5, 5.41) is 3.36. The lowest BCUT2D eigenvalue weighted by Gasteiger charge is -2.26. The predicted molar refractivity (Wildman–Crippen MR) is 78.7 cm³/mol. The van der Waals surface area contributed by atoms with Crippen molar-refractivity contribution in [2.24, 2.45) is 0 Å². The average molecular weight is 272 g/mol. The molecule has 0 atom stereocenters. The van der Waals surface area contributed by atoms with Crippen LogP contribution >= 0.6 is 0 Å². The van der Waals surface area contributed by atoms with E-state index < -0.39 is 0 Å². The van der Waals surface area contributed by atoms with Gasteiger partial charge in [-0.2, -0.15) is 0 Å². The molecule has 1 aromatic carbocycles. The predicted octanol–water partition coefficient (Wildman–Crippen LogP) is 1.49. The van der Waals surface area contributed by atoms with E-state index in [1.165, 1.54) is 0 Å². The summed E-state index contributed by atoms with van der Waals surface area (Å²) in [5.41, 5.74) is 2.21. The van der Waals surface area contributed by atoms with Crippen molar-refractivity contribution in [2.75, 3.05) is 33.3 Å². The Morgan fingerprint density at radius 1 is 1.30 bits per heavy atom. The molecule has 1 saturated heterocycles. The van der Waals surface area contributed by atoms with Gasteiger partial charge in [0.15, 0.2) is 0 Å². The van der Waals surface area contributed by atoms with E-state index in [-0.39, 0.29) is 0 Å². The normalized spacial score (nSPS) is 16.2. The minimum absolute atomic E-state index is 0.850. The molecule has 106 valence electrons. The largest absolute Gasteiger partial charge is 0.497 e. The number of hydrogen-bond donors (Lipinski definition) is 2. The molecule has 3 rings (SSSR count). The lowest BCUT2D eigenvalue weighted by molar-refractivity contribution is 0.231. The number of hydrogen-bond acceptors (Lipinski definition) is 4. The van der Waals surface area contributed by atoms with Crippen LogP contribution in [-0.4, -0.2) is 48.2 Å². The van der Waals surface area contributed by atoms with Crippen LogP contribution in [0.3, 0.4) is 0 Å². The first-order chi connectivity index (χ1) is 9.85. The van der Waals surface area contributed by atoms with Crippen LogP contribution in [0.4, 0.5) is 0 Å². The van der Waals surface area contributed by atoms with Crippen molar-refractivity contribution in [3.8, 4) is 17.1 Å². The zero-order chi connectivity index (χ0) is 13.8. The van der Waals surface area contributed by atoms with E-state index in [0.717, 1.165) is 55.6 Å². The quantitative estimate of drug-likeness (QED) is 0.885. The summed E-state index contributed by atoms with van der Waals surface area (Å²) in [6.45, 7) is 5.24. The van der Waals surface area contributed by atoms with E-state index in [0.29, 0.717) is 0 Å². The molecule has 0 amide bonds. The Morgan fingerprint density at radius 2 is 2.15 bits per heavy atom. The molecule has 2 aromatic rings. The number of benzene rings is 1. The zero-order valence-electron chi connectivity index (χ0n) is 11.7. The lowest BCUT2D eigenvalue weighted by Crippen LogP contribution is -2.42. The number of rotatable bonds is 4. The second-order valence-electron chi connectivity index (χ2n) is 5.02. The highest BCUT2D eigenvalue weighted by Crippen LogP contribution is 2.21. The maximum atomic E-state index is 5.25. The Labute approximate surface area is 119 Å². The fourth-order valence-corrected chi connectivity index (χ4v) is 2.47. The molecule has 1 fully saturated rings. The molecule has 2 N–H and O–H groups in total. The molecule has 1 aliphatic rings. The lowest BCUT2D eigenvalue weighted by atomic mass is 10.2. The minimum atomic E-state index is 0.850. The van der Waals surface area contributed by atoms with Gasteiger partial charge in [-0.15, -0.1) is 0 Å². The third kappa shape index (κ3) is 3.00. The van der Waals surface area contributed by atoms with E-state index in [2.05, 4.69) is 20.2 Å². The molecule has 0 unspecified atom stereocenters. The standard InChI is InChI=1S/C15H20N4O/c1-20-14-4-2-3-12(9-14)15-17-10-13(18-15)11-19-7-5-16-6-8-19/h2-4,9-10,16H,5-8,11H2,1H3,(H,17,18). The van der Waals surface area contributed by atoms with Crippen molar-refractivity contribution in [1.29, 1.82) is 0 Å². The van der Waals surface area contributed by atoms with Gasteiger partial charge in [-0.05, 0) is 12.1 Å². The van der Waals surface area contributed by atoms with Gasteiger partial charge in [0.25, 0.3) is 0 Å². The van der Waals surface area contributed by atoms with Crippen molar-refractivity contribution >= 4 is 0 Å². The summed E-state index contributed by atoms with van der Waals surface area (Å²) in [7, 11) is 1.68. The first kappa shape index (κ1) is 13.1. The van der Waals surface area contributed by atoms with E-state index in [9.17, 15) is 0 Å². The number of aromatic nitrogens is 2. The summed E-state index contributed by atoms with van der Waals surface area (Å²) < 4.78 is 5.25. The fraction of sp³-hybridized carbons (Fsp3) is 0.400. The van der Waals surface area contributed by atoms with E-state index in [1.54, 1.807) is 7.11 Å². The third-order valence-corrected chi connectivity index (χ3v) is 3.58. The molecular weight excluding hydrogens is 252 g/mol. The van der Waals surface area contributed by atoms with Gasteiger partial charge in [-0.1, -0.05) is 12.1 Å². The molecular formula is C15H20N4O. The van der Waals surface area contributed by atoms with Crippen molar-refractivity contribution < 1.29 is 4.74 Å². The number of imidazole rings is 1. The Kier molecular flexibility index (Phi) is 3.99. The number of nitrogens with one attached hydrogen (secondary N) is 2. The van der Waals surface area contributed by atoms with Crippen LogP contribution in [-0.2, 0) is 6.54 Å². The number of ether oxygens (including phenoxy) is 1. The number of nitrogens with zero attached hydrogens (tertiary/aromatic N) is 2. The van der Waals surface area contributed by atoms with Gasteiger partial charge in [0, 0.05) is 50.2 Å². The molecule has 0 saturated carbocycles. The van der Waals surface area contributed by atoms with Gasteiger partial charge in [-0.3, -0.25) is 4.90 Å². The Bertz CT molecular complexity index is 561. The molecule has 5 nitrogen and oxygen atoms in total. The van der Waals surface area contributed by atoms with Crippen molar-refractivity contribution in [2.45, 2.75) is 6.54 Å². The molecule has 1 aromatic heterocycles. The van der Waals surface area contributed by atoms with Crippen LogP contribution < -0.4 is 10.1 Å². The zero-order valence-corrected chi connectivity index (χ0v) is 11.7. The summed E-state index contributed by atoms with van der Waals surface area (Å²) in [4.78, 5) is 10.3. The average Bonchev–Trinajstić information content (AvgIpc) is 2.97. The molecule has 2 heterocycles. The molecule has 20 heavy (non-hydrogen) atoms. The van der Waals surface area contributed by atoms with Crippen LogP contribution in [0.2, 0.25) is 0 Å². The Balaban J connectivity index is 1.72. The highest BCUT2D eigenvalue weighted by molar-refractivity contribution is 5.57. The topological polar surface area (TPSA) is 53.2 Å². The van der Waals surface area contributed by atoms with Gasteiger partial charge >= 0.3 is 0 Å². The van der Waals surface area contributed by atoms with Crippen LogP contribution in [0.1, 0.15) is 5.69 Å². The summed E-state index contributed by atoms with van der Waals surface area (Å²) in [6, 6.07) is 7.95. The molecule has 1 aliphatic heterocycles.